The van der Waals surface area contributed by atoms with Crippen LogP contribution in [-0.4, -0.2) is 34.3 Å². The van der Waals surface area contributed by atoms with Gasteiger partial charge in [0.15, 0.2) is 0 Å². The van der Waals surface area contributed by atoms with Crippen LogP contribution in [0.25, 0.3) is 10.9 Å². The molecule has 2 heterocycles. The molecule has 0 radical (unpaired) electrons. The normalized spacial score (nSPS) is 30.5. The molecule has 1 aromatic carbocycles. The maximum atomic E-state index is 15.6. The van der Waals surface area contributed by atoms with Crippen molar-refractivity contribution in [1.82, 2.24) is 4.57 Å². The Morgan fingerprint density at radius 1 is 1.31 bits per heavy atom. The van der Waals surface area contributed by atoms with Gasteiger partial charge in [0.1, 0.15) is 11.4 Å². The van der Waals surface area contributed by atoms with Gasteiger partial charge < -0.3 is 20.3 Å². The second-order valence-corrected chi connectivity index (χ2v) is 9.79. The van der Waals surface area contributed by atoms with Crippen LogP contribution < -0.4 is 16.1 Å². The third kappa shape index (κ3) is 2.56. The van der Waals surface area contributed by atoms with E-state index in [2.05, 4.69) is 18.1 Å². The number of carboxylic acids is 1. The number of carboxylic acid groups (broad SMARTS) is 1. The highest BCUT2D eigenvalue weighted by molar-refractivity contribution is 5.96. The van der Waals surface area contributed by atoms with Crippen LogP contribution in [0.5, 0.6) is 0 Å². The number of pyridine rings is 1. The number of anilines is 1. The molecule has 164 valence electrons. The number of halogens is 1. The van der Waals surface area contributed by atoms with Crippen LogP contribution in [0.15, 0.2) is 29.2 Å². The van der Waals surface area contributed by atoms with Crippen molar-refractivity contribution in [3.63, 3.8) is 0 Å². The fraction of sp³-hybridized carbons (Fsp3) is 0.440. The zero-order chi connectivity index (χ0) is 22.4. The Kier molecular flexibility index (Phi) is 3.95. The van der Waals surface area contributed by atoms with Gasteiger partial charge in [0.25, 0.3) is 0 Å². The third-order valence-corrected chi connectivity index (χ3v) is 8.04. The van der Waals surface area contributed by atoms with Gasteiger partial charge in [-0.25, -0.2) is 9.18 Å². The maximum absolute atomic E-state index is 15.6. The van der Waals surface area contributed by atoms with Crippen LogP contribution in [0.4, 0.5) is 10.1 Å². The van der Waals surface area contributed by atoms with Crippen molar-refractivity contribution in [2.75, 3.05) is 18.0 Å². The average Bonchev–Trinajstić information content (AvgIpc) is 3.50. The fourth-order valence-corrected chi connectivity index (χ4v) is 6.30. The Balaban J connectivity index is 1.55. The van der Waals surface area contributed by atoms with E-state index in [1.165, 1.54) is 12.3 Å². The zero-order valence-electron chi connectivity index (χ0n) is 17.6. The molecule has 1 aliphatic heterocycles. The van der Waals surface area contributed by atoms with Crippen molar-refractivity contribution in [1.29, 1.82) is 0 Å². The smallest absolute Gasteiger partial charge is 0.341 e. The maximum Gasteiger partial charge on any atom is 0.341 e. The number of terminal acetylenes is 1. The van der Waals surface area contributed by atoms with Gasteiger partial charge in [-0.15, -0.1) is 6.42 Å². The number of hydrogen-bond donors (Lipinski definition) is 2. The Morgan fingerprint density at radius 2 is 2.09 bits per heavy atom. The minimum absolute atomic E-state index is 0.0274. The average molecular weight is 433 g/mol. The predicted octanol–water partition coefficient (Wildman–Crippen LogP) is 2.88. The van der Waals surface area contributed by atoms with Gasteiger partial charge in [-0.05, 0) is 43.6 Å². The molecule has 5 aliphatic rings. The summed E-state index contributed by atoms with van der Waals surface area (Å²) in [4.78, 5) is 26.5. The largest absolute Gasteiger partial charge is 0.477 e. The first kappa shape index (κ1) is 19.6. The first-order chi connectivity index (χ1) is 15.3. The fourth-order valence-electron chi connectivity index (χ4n) is 6.30. The molecule has 4 unspecified atom stereocenters. The monoisotopic (exact) mass is 433 g/mol. The molecule has 3 N–H and O–H groups in total. The molecule has 1 saturated heterocycles. The van der Waals surface area contributed by atoms with Gasteiger partial charge in [-0.2, -0.15) is 0 Å². The molecule has 2 bridgehead atoms. The van der Waals surface area contributed by atoms with E-state index in [0.717, 1.165) is 25.7 Å². The van der Waals surface area contributed by atoms with Gasteiger partial charge in [0.2, 0.25) is 5.43 Å². The number of allylic oxidation sites excluding steroid dienone is 1. The number of nitrogens with zero attached hydrogens (tertiary/aromatic N) is 2. The minimum Gasteiger partial charge on any atom is -0.477 e. The molecule has 7 rings (SSSR count). The van der Waals surface area contributed by atoms with E-state index in [0.29, 0.717) is 41.7 Å². The molecule has 3 fully saturated rings. The lowest BCUT2D eigenvalue weighted by Gasteiger charge is -2.47. The van der Waals surface area contributed by atoms with Gasteiger partial charge in [-0.1, -0.05) is 18.1 Å². The quantitative estimate of drug-likeness (QED) is 0.574. The second-order valence-electron chi connectivity index (χ2n) is 9.79. The number of benzene rings is 1. The molecule has 0 amide bonds. The number of aromatic nitrogens is 1. The topological polar surface area (TPSA) is 88.6 Å². The molecule has 32 heavy (non-hydrogen) atoms. The number of aromatic carboxylic acids is 1. The summed E-state index contributed by atoms with van der Waals surface area (Å²) in [6.07, 6.45) is 15.3. The third-order valence-electron chi connectivity index (χ3n) is 8.04. The number of rotatable bonds is 3. The van der Waals surface area contributed by atoms with Crippen molar-refractivity contribution >= 4 is 22.6 Å². The summed E-state index contributed by atoms with van der Waals surface area (Å²) in [6, 6.07) is 1.24. The highest BCUT2D eigenvalue weighted by Gasteiger charge is 2.53. The Labute approximate surface area is 184 Å². The lowest BCUT2D eigenvalue weighted by molar-refractivity contribution is 0.0695. The van der Waals surface area contributed by atoms with Crippen molar-refractivity contribution < 1.29 is 14.3 Å². The summed E-state index contributed by atoms with van der Waals surface area (Å²) in [7, 11) is 0. The lowest BCUT2D eigenvalue weighted by atomic mass is 9.60. The van der Waals surface area contributed by atoms with E-state index in [1.807, 2.05) is 4.90 Å². The summed E-state index contributed by atoms with van der Waals surface area (Å²) in [5.74, 6) is 1.76. The molecule has 2 saturated carbocycles. The molecule has 7 heteroatoms. The second kappa shape index (κ2) is 6.46. The Bertz CT molecular complexity index is 1320. The predicted molar refractivity (Wildman–Crippen MR) is 119 cm³/mol. The molecule has 4 atom stereocenters. The summed E-state index contributed by atoms with van der Waals surface area (Å²) in [5, 5.41) is 9.53. The van der Waals surface area contributed by atoms with Crippen LogP contribution in [0.2, 0.25) is 0 Å². The number of hydrogen-bond acceptors (Lipinski definition) is 4. The molecule has 0 spiro atoms. The number of fused-ring (bicyclic) bond motifs is 2. The molecular formula is C25H24FN3O3. The van der Waals surface area contributed by atoms with E-state index in [1.54, 1.807) is 4.57 Å². The molecule has 1 aromatic heterocycles. The number of nitrogens with two attached hydrogens (primary N) is 1. The summed E-state index contributed by atoms with van der Waals surface area (Å²) in [5.41, 5.74) is 6.38. The Morgan fingerprint density at radius 3 is 2.69 bits per heavy atom. The van der Waals surface area contributed by atoms with E-state index >= 15 is 4.39 Å². The first-order valence-corrected chi connectivity index (χ1v) is 11.2. The van der Waals surface area contributed by atoms with Crippen LogP contribution in [0.1, 0.15) is 47.6 Å². The van der Waals surface area contributed by atoms with Crippen molar-refractivity contribution in [3.8, 4) is 12.3 Å². The summed E-state index contributed by atoms with van der Waals surface area (Å²) in [6.45, 7) is 1.27. The van der Waals surface area contributed by atoms with E-state index in [9.17, 15) is 14.7 Å². The Hall–Kier alpha value is -3.11. The summed E-state index contributed by atoms with van der Waals surface area (Å²) < 4.78 is 17.4. The van der Waals surface area contributed by atoms with Crippen LogP contribution >= 0.6 is 0 Å². The van der Waals surface area contributed by atoms with Gasteiger partial charge in [-0.3, -0.25) is 4.79 Å². The molecule has 4 aliphatic carbocycles. The SMILES string of the molecule is C#Cc1c(N2CC3C4C=CC(N)(CC4)C3C2)c(F)cc2c(=O)c(C(=O)O)cn(C3CC3)c12. The van der Waals surface area contributed by atoms with Gasteiger partial charge in [0, 0.05) is 36.8 Å². The highest BCUT2D eigenvalue weighted by Crippen LogP contribution is 2.51. The van der Waals surface area contributed by atoms with E-state index in [-0.39, 0.29) is 28.4 Å². The minimum atomic E-state index is -1.32. The molecule has 2 aromatic rings. The zero-order valence-corrected chi connectivity index (χ0v) is 17.6. The standard InChI is InChI=1S/C25H24FN3O3/c1-2-15-21-16(23(30)18(24(31)32)11-29(21)14-3-4-14)9-20(26)22(15)28-10-17-13-5-7-25(27,8-6-13)19(17)12-28/h1,5,7,9,11,13-14,17,19H,3-4,6,8,10,12,27H2,(H,31,32). The molecule has 6 nitrogen and oxygen atoms in total. The van der Waals surface area contributed by atoms with Crippen molar-refractivity contribution in [3.05, 3.63) is 51.6 Å². The van der Waals surface area contributed by atoms with Crippen molar-refractivity contribution in [2.24, 2.45) is 23.5 Å². The first-order valence-electron chi connectivity index (χ1n) is 11.2. The van der Waals surface area contributed by atoms with Crippen LogP contribution in [0, 0.1) is 35.9 Å². The van der Waals surface area contributed by atoms with E-state index in [4.69, 9.17) is 12.2 Å². The van der Waals surface area contributed by atoms with Crippen LogP contribution in [0.3, 0.4) is 0 Å². The van der Waals surface area contributed by atoms with Gasteiger partial charge >= 0.3 is 5.97 Å². The highest BCUT2D eigenvalue weighted by atomic mass is 19.1. The lowest BCUT2D eigenvalue weighted by Crippen LogP contribution is -2.55. The molecular weight excluding hydrogens is 409 g/mol. The van der Waals surface area contributed by atoms with E-state index < -0.39 is 17.2 Å². The van der Waals surface area contributed by atoms with Gasteiger partial charge in [0.05, 0.1) is 22.2 Å². The van der Waals surface area contributed by atoms with Crippen molar-refractivity contribution in [2.45, 2.75) is 37.3 Å². The summed E-state index contributed by atoms with van der Waals surface area (Å²) >= 11 is 0. The van der Waals surface area contributed by atoms with Crippen LogP contribution in [-0.2, 0) is 0 Å². The number of carbonyl (C=O) groups is 1.